The molecule has 0 aliphatic heterocycles. The van der Waals surface area contributed by atoms with E-state index in [0.717, 1.165) is 11.3 Å². The predicted octanol–water partition coefficient (Wildman–Crippen LogP) is 2.65. The van der Waals surface area contributed by atoms with E-state index in [1.165, 1.54) is 11.8 Å². The highest BCUT2D eigenvalue weighted by molar-refractivity contribution is 7.99. The Balaban J connectivity index is 2.26. The number of carbonyl (C=O) groups is 1. The van der Waals surface area contributed by atoms with Crippen molar-refractivity contribution in [1.29, 1.82) is 0 Å². The summed E-state index contributed by atoms with van der Waals surface area (Å²) in [6.07, 6.45) is 3.66. The molecule has 0 radical (unpaired) electrons. The summed E-state index contributed by atoms with van der Waals surface area (Å²) in [5, 5.41) is 3.03. The second-order valence-corrected chi connectivity index (χ2v) is 4.96. The van der Waals surface area contributed by atoms with Crippen LogP contribution >= 0.6 is 11.8 Å². The molecule has 1 N–H and O–H groups in total. The molecule has 0 spiro atoms. The Morgan fingerprint density at radius 3 is 2.58 bits per heavy atom. The molecule has 1 atom stereocenters. The normalized spacial score (nSPS) is 11.8. The minimum absolute atomic E-state index is 0.0204. The van der Waals surface area contributed by atoms with Gasteiger partial charge in [-0.2, -0.15) is 11.8 Å². The third-order valence-corrected chi connectivity index (χ3v) is 3.25. The van der Waals surface area contributed by atoms with Crippen molar-refractivity contribution in [3.63, 3.8) is 0 Å². The summed E-state index contributed by atoms with van der Waals surface area (Å²) >= 11 is 1.51. The van der Waals surface area contributed by atoms with E-state index >= 15 is 0 Å². The lowest BCUT2D eigenvalue weighted by Crippen LogP contribution is -2.31. The number of nitrogens with one attached hydrogen (secondary N) is 1. The van der Waals surface area contributed by atoms with E-state index in [4.69, 9.17) is 0 Å². The summed E-state index contributed by atoms with van der Waals surface area (Å²) in [5.74, 6) is 0.475. The van der Waals surface area contributed by atoms with Gasteiger partial charge in [0.05, 0.1) is 17.5 Å². The second-order valence-electron chi connectivity index (χ2n) is 4.10. The summed E-state index contributed by atoms with van der Waals surface area (Å²) in [6, 6.07) is 15.4. The summed E-state index contributed by atoms with van der Waals surface area (Å²) in [5.41, 5.74) is 1.89. The molecule has 0 fully saturated rings. The smallest absolute Gasteiger partial charge is 0.230 e. The fourth-order valence-corrected chi connectivity index (χ4v) is 2.20. The molecule has 2 rings (SSSR count). The minimum atomic E-state index is -0.193. The van der Waals surface area contributed by atoms with Gasteiger partial charge in [0.1, 0.15) is 0 Å². The van der Waals surface area contributed by atoms with Gasteiger partial charge in [0.25, 0.3) is 0 Å². The third-order valence-electron chi connectivity index (χ3n) is 2.70. The molecule has 1 unspecified atom stereocenters. The lowest BCUT2D eigenvalue weighted by Gasteiger charge is -2.18. The number of nitrogens with zero attached hydrogens (tertiary/aromatic N) is 1. The molecule has 0 aliphatic carbocycles. The first-order chi connectivity index (χ1) is 9.31. The summed E-state index contributed by atoms with van der Waals surface area (Å²) in [4.78, 5) is 16.2. The average Bonchev–Trinajstić information content (AvgIpc) is 2.47. The van der Waals surface area contributed by atoms with Crippen molar-refractivity contribution in [3.05, 3.63) is 66.0 Å². The molecule has 0 saturated carbocycles. The Labute approximate surface area is 117 Å². The van der Waals surface area contributed by atoms with Gasteiger partial charge in [0, 0.05) is 6.20 Å². The molecular formula is C15H16N2OS. The van der Waals surface area contributed by atoms with Crippen LogP contribution in [0.25, 0.3) is 0 Å². The number of pyridine rings is 1. The van der Waals surface area contributed by atoms with Crippen molar-refractivity contribution >= 4 is 17.7 Å². The van der Waals surface area contributed by atoms with E-state index in [1.54, 1.807) is 6.20 Å². The zero-order chi connectivity index (χ0) is 13.5. The van der Waals surface area contributed by atoms with E-state index in [9.17, 15) is 4.79 Å². The summed E-state index contributed by atoms with van der Waals surface area (Å²) in [7, 11) is 0. The molecule has 3 nitrogen and oxygen atoms in total. The van der Waals surface area contributed by atoms with E-state index in [0.29, 0.717) is 5.75 Å². The largest absolute Gasteiger partial charge is 0.343 e. The first kappa shape index (κ1) is 13.6. The number of thioether (sulfide) groups is 1. The van der Waals surface area contributed by atoms with Crippen molar-refractivity contribution in [2.45, 2.75) is 6.04 Å². The molecule has 1 aromatic heterocycles. The molecule has 1 aromatic carbocycles. The molecular weight excluding hydrogens is 256 g/mol. The van der Waals surface area contributed by atoms with Gasteiger partial charge >= 0.3 is 0 Å². The van der Waals surface area contributed by atoms with Crippen molar-refractivity contribution in [1.82, 2.24) is 10.3 Å². The van der Waals surface area contributed by atoms with Crippen LogP contribution in [0.2, 0.25) is 0 Å². The van der Waals surface area contributed by atoms with Gasteiger partial charge in [0.2, 0.25) is 5.91 Å². The maximum absolute atomic E-state index is 11.8. The number of amides is 1. The quantitative estimate of drug-likeness (QED) is 0.910. The van der Waals surface area contributed by atoms with Crippen LogP contribution in [-0.4, -0.2) is 22.9 Å². The predicted molar refractivity (Wildman–Crippen MR) is 79.0 cm³/mol. The molecule has 19 heavy (non-hydrogen) atoms. The summed E-state index contributed by atoms with van der Waals surface area (Å²) in [6.45, 7) is 0. The van der Waals surface area contributed by atoms with Crippen LogP contribution in [0.15, 0.2) is 54.7 Å². The number of rotatable bonds is 5. The maximum atomic E-state index is 11.8. The van der Waals surface area contributed by atoms with Crippen molar-refractivity contribution in [3.8, 4) is 0 Å². The van der Waals surface area contributed by atoms with Crippen LogP contribution in [0.1, 0.15) is 17.3 Å². The standard InChI is InChI=1S/C15H16N2OS/c1-19-11-14(18)17-15(12-7-3-2-4-8-12)13-9-5-6-10-16-13/h2-10,15H,11H2,1H3,(H,17,18). The SMILES string of the molecule is CSCC(=O)NC(c1ccccc1)c1ccccn1. The molecule has 0 bridgehead atoms. The number of hydrogen-bond acceptors (Lipinski definition) is 3. The zero-order valence-corrected chi connectivity index (χ0v) is 11.6. The van der Waals surface area contributed by atoms with Crippen molar-refractivity contribution in [2.75, 3.05) is 12.0 Å². The highest BCUT2D eigenvalue weighted by Crippen LogP contribution is 2.19. The molecule has 1 amide bonds. The highest BCUT2D eigenvalue weighted by atomic mass is 32.2. The number of benzene rings is 1. The van der Waals surface area contributed by atoms with Crippen LogP contribution in [0.4, 0.5) is 0 Å². The molecule has 1 heterocycles. The molecule has 4 heteroatoms. The molecule has 2 aromatic rings. The van der Waals surface area contributed by atoms with E-state index in [2.05, 4.69) is 10.3 Å². The maximum Gasteiger partial charge on any atom is 0.230 e. The fraction of sp³-hybridized carbons (Fsp3) is 0.200. The average molecular weight is 272 g/mol. The second kappa shape index (κ2) is 6.95. The van der Waals surface area contributed by atoms with E-state index in [-0.39, 0.29) is 11.9 Å². The first-order valence-corrected chi connectivity index (χ1v) is 7.45. The highest BCUT2D eigenvalue weighted by Gasteiger charge is 2.17. The van der Waals surface area contributed by atoms with Gasteiger partial charge in [-0.25, -0.2) is 0 Å². The third kappa shape index (κ3) is 3.83. The lowest BCUT2D eigenvalue weighted by molar-refractivity contribution is -0.119. The fourth-order valence-electron chi connectivity index (χ4n) is 1.85. The molecule has 0 aliphatic rings. The van der Waals surface area contributed by atoms with Crippen LogP contribution in [0, 0.1) is 0 Å². The Kier molecular flexibility index (Phi) is 4.98. The minimum Gasteiger partial charge on any atom is -0.343 e. The van der Waals surface area contributed by atoms with Gasteiger partial charge in [-0.15, -0.1) is 0 Å². The van der Waals surface area contributed by atoms with Gasteiger partial charge < -0.3 is 5.32 Å². The zero-order valence-electron chi connectivity index (χ0n) is 10.7. The van der Waals surface area contributed by atoms with Crippen LogP contribution in [0.5, 0.6) is 0 Å². The van der Waals surface area contributed by atoms with Crippen molar-refractivity contribution in [2.24, 2.45) is 0 Å². The monoisotopic (exact) mass is 272 g/mol. The number of hydrogen-bond donors (Lipinski definition) is 1. The van der Waals surface area contributed by atoms with E-state index in [1.807, 2.05) is 54.8 Å². The molecule has 98 valence electrons. The van der Waals surface area contributed by atoms with Crippen LogP contribution in [0.3, 0.4) is 0 Å². The number of carbonyl (C=O) groups excluding carboxylic acids is 1. The Hall–Kier alpha value is -1.81. The van der Waals surface area contributed by atoms with Crippen molar-refractivity contribution < 1.29 is 4.79 Å². The van der Waals surface area contributed by atoms with Crippen LogP contribution < -0.4 is 5.32 Å². The Bertz CT molecular complexity index is 477. The lowest BCUT2D eigenvalue weighted by atomic mass is 10.0. The Morgan fingerprint density at radius 1 is 1.21 bits per heavy atom. The van der Waals surface area contributed by atoms with Gasteiger partial charge in [0.15, 0.2) is 0 Å². The first-order valence-electron chi connectivity index (χ1n) is 6.05. The Morgan fingerprint density at radius 2 is 1.95 bits per heavy atom. The molecule has 0 saturated heterocycles. The van der Waals surface area contributed by atoms with E-state index < -0.39 is 0 Å². The number of aromatic nitrogens is 1. The van der Waals surface area contributed by atoms with Gasteiger partial charge in [-0.05, 0) is 24.0 Å². The van der Waals surface area contributed by atoms with Gasteiger partial charge in [-0.3, -0.25) is 9.78 Å². The van der Waals surface area contributed by atoms with Gasteiger partial charge in [-0.1, -0.05) is 36.4 Å². The summed E-state index contributed by atoms with van der Waals surface area (Å²) < 4.78 is 0. The topological polar surface area (TPSA) is 42.0 Å². The van der Waals surface area contributed by atoms with Crippen LogP contribution in [-0.2, 0) is 4.79 Å².